The van der Waals surface area contributed by atoms with Crippen molar-refractivity contribution in [2.45, 2.75) is 70.4 Å². The van der Waals surface area contributed by atoms with Crippen LogP contribution in [0.1, 0.15) is 46.5 Å². The second kappa shape index (κ2) is 4.65. The molecule has 4 aliphatic heterocycles. The number of fused-ring (bicyclic) bond motifs is 2. The molecule has 1 saturated carbocycles. The molecule has 0 amide bonds. The van der Waals surface area contributed by atoms with E-state index in [-0.39, 0.29) is 12.2 Å². The van der Waals surface area contributed by atoms with Crippen molar-refractivity contribution in [3.05, 3.63) is 0 Å². The smallest absolute Gasteiger partial charge is 0.201 e. The van der Waals surface area contributed by atoms with Crippen LogP contribution >= 0.6 is 0 Å². The molecule has 8 atom stereocenters. The molecule has 0 radical (unpaired) electrons. The topological polar surface area (TPSA) is 46.2 Å². The zero-order chi connectivity index (χ0) is 14.8. The molecule has 1 aliphatic carbocycles. The van der Waals surface area contributed by atoms with Crippen LogP contribution in [-0.2, 0) is 24.0 Å². The molecule has 0 aromatic carbocycles. The minimum atomic E-state index is -0.698. The van der Waals surface area contributed by atoms with Gasteiger partial charge < -0.3 is 14.2 Å². The Balaban J connectivity index is 1.79. The zero-order valence-corrected chi connectivity index (χ0v) is 13.3. The van der Waals surface area contributed by atoms with E-state index in [4.69, 9.17) is 24.0 Å². The minimum Gasteiger partial charge on any atom is -0.355 e. The molecule has 5 heteroatoms. The highest BCUT2D eigenvalue weighted by molar-refractivity contribution is 5.08. The van der Waals surface area contributed by atoms with Crippen molar-refractivity contribution in [2.75, 3.05) is 7.11 Å². The Kier molecular flexibility index (Phi) is 3.19. The van der Waals surface area contributed by atoms with Gasteiger partial charge in [0.25, 0.3) is 0 Å². The lowest BCUT2D eigenvalue weighted by Gasteiger charge is -2.60. The standard InChI is InChI=1S/C16H26O5/c1-9-5-6-12-10(2)13(17-4)18-14-16(12)11(9)7-8-15(3,19-14)20-21-16/h9-14H,5-8H2,1-4H3/t9-,10-,11?,12?,13?,14?,15+,16-/m1/s1. The van der Waals surface area contributed by atoms with Crippen molar-refractivity contribution in [2.24, 2.45) is 23.7 Å². The van der Waals surface area contributed by atoms with Gasteiger partial charge in [-0.2, -0.15) is 0 Å². The second-order valence-corrected chi connectivity index (χ2v) is 7.51. The van der Waals surface area contributed by atoms with E-state index in [0.29, 0.717) is 17.8 Å². The molecule has 2 bridgehead atoms. The summed E-state index contributed by atoms with van der Waals surface area (Å²) in [5, 5.41) is 0. The van der Waals surface area contributed by atoms with Crippen molar-refractivity contribution in [1.29, 1.82) is 0 Å². The van der Waals surface area contributed by atoms with Gasteiger partial charge in [-0.1, -0.05) is 13.8 Å². The largest absolute Gasteiger partial charge is 0.355 e. The van der Waals surface area contributed by atoms with Gasteiger partial charge in [0.2, 0.25) is 5.79 Å². The Bertz CT molecular complexity index is 429. The first kappa shape index (κ1) is 14.4. The molecule has 1 spiro atoms. The number of hydrogen-bond donors (Lipinski definition) is 0. The Hall–Kier alpha value is -0.200. The third-order valence-corrected chi connectivity index (χ3v) is 6.33. The van der Waals surface area contributed by atoms with Gasteiger partial charge in [-0.05, 0) is 38.0 Å². The predicted octanol–water partition coefficient (Wildman–Crippen LogP) is 2.84. The number of rotatable bonds is 1. The van der Waals surface area contributed by atoms with Gasteiger partial charge in [0.1, 0.15) is 0 Å². The van der Waals surface area contributed by atoms with Crippen LogP contribution in [0.15, 0.2) is 0 Å². The van der Waals surface area contributed by atoms with Crippen LogP contribution in [0, 0.1) is 23.7 Å². The van der Waals surface area contributed by atoms with Gasteiger partial charge in [-0.25, -0.2) is 9.78 Å². The van der Waals surface area contributed by atoms with Crippen LogP contribution < -0.4 is 0 Å². The summed E-state index contributed by atoms with van der Waals surface area (Å²) in [7, 11) is 1.70. The average molecular weight is 298 g/mol. The van der Waals surface area contributed by atoms with Crippen molar-refractivity contribution < 1.29 is 24.0 Å². The summed E-state index contributed by atoms with van der Waals surface area (Å²) >= 11 is 0. The monoisotopic (exact) mass is 298 g/mol. The molecule has 5 rings (SSSR count). The fourth-order valence-corrected chi connectivity index (χ4v) is 5.14. The maximum atomic E-state index is 6.21. The Morgan fingerprint density at radius 2 is 1.86 bits per heavy atom. The molecule has 5 aliphatic rings. The SMILES string of the molecule is COC1OC2O[C@]3(C)CCC4[C@H](C)CCC([C@H]1C)[C@@]24OO3. The van der Waals surface area contributed by atoms with Crippen LogP contribution in [0.3, 0.4) is 0 Å². The van der Waals surface area contributed by atoms with Crippen molar-refractivity contribution in [3.63, 3.8) is 0 Å². The molecule has 5 nitrogen and oxygen atoms in total. The first-order chi connectivity index (χ1) is 10.00. The maximum Gasteiger partial charge on any atom is 0.201 e. The molecule has 4 heterocycles. The van der Waals surface area contributed by atoms with E-state index in [2.05, 4.69) is 13.8 Å². The zero-order valence-electron chi connectivity index (χ0n) is 13.3. The Labute approximate surface area is 126 Å². The van der Waals surface area contributed by atoms with Gasteiger partial charge in [-0.15, -0.1) is 0 Å². The molecular formula is C16H26O5. The van der Waals surface area contributed by atoms with E-state index >= 15 is 0 Å². The van der Waals surface area contributed by atoms with Gasteiger partial charge in [0.05, 0.1) is 0 Å². The maximum absolute atomic E-state index is 6.21. The van der Waals surface area contributed by atoms with E-state index in [1.165, 1.54) is 6.42 Å². The van der Waals surface area contributed by atoms with Gasteiger partial charge in [0.15, 0.2) is 18.2 Å². The molecule has 4 saturated heterocycles. The Morgan fingerprint density at radius 1 is 1.05 bits per heavy atom. The number of ether oxygens (including phenoxy) is 3. The van der Waals surface area contributed by atoms with Crippen LogP contribution in [0.4, 0.5) is 0 Å². The number of hydrogen-bond acceptors (Lipinski definition) is 5. The van der Waals surface area contributed by atoms with Crippen LogP contribution in [0.25, 0.3) is 0 Å². The van der Waals surface area contributed by atoms with E-state index in [1.807, 2.05) is 6.92 Å². The van der Waals surface area contributed by atoms with Crippen molar-refractivity contribution in [3.8, 4) is 0 Å². The molecule has 0 aromatic heterocycles. The highest BCUT2D eigenvalue weighted by Crippen LogP contribution is 2.60. The lowest BCUT2D eigenvalue weighted by molar-refractivity contribution is -0.577. The van der Waals surface area contributed by atoms with E-state index < -0.39 is 17.7 Å². The molecule has 120 valence electrons. The fourth-order valence-electron chi connectivity index (χ4n) is 5.14. The quantitative estimate of drug-likeness (QED) is 0.697. The summed E-state index contributed by atoms with van der Waals surface area (Å²) in [6.45, 7) is 6.46. The summed E-state index contributed by atoms with van der Waals surface area (Å²) in [5.41, 5.74) is -0.470. The molecular weight excluding hydrogens is 272 g/mol. The van der Waals surface area contributed by atoms with Gasteiger partial charge >= 0.3 is 0 Å². The second-order valence-electron chi connectivity index (χ2n) is 7.51. The lowest BCUT2D eigenvalue weighted by Crippen LogP contribution is -2.70. The van der Waals surface area contributed by atoms with Gasteiger partial charge in [-0.3, -0.25) is 0 Å². The first-order valence-electron chi connectivity index (χ1n) is 8.23. The normalized spacial score (nSPS) is 59.4. The highest BCUT2D eigenvalue weighted by Gasteiger charge is 2.69. The third-order valence-electron chi connectivity index (χ3n) is 6.33. The Morgan fingerprint density at radius 3 is 2.62 bits per heavy atom. The highest BCUT2D eigenvalue weighted by atomic mass is 17.3. The molecule has 21 heavy (non-hydrogen) atoms. The molecule has 0 aromatic rings. The fraction of sp³-hybridized carbons (Fsp3) is 1.00. The van der Waals surface area contributed by atoms with E-state index in [1.54, 1.807) is 7.11 Å². The summed E-state index contributed by atoms with van der Waals surface area (Å²) < 4.78 is 17.9. The van der Waals surface area contributed by atoms with Crippen molar-refractivity contribution in [1.82, 2.24) is 0 Å². The summed E-state index contributed by atoms with van der Waals surface area (Å²) in [6, 6.07) is 0. The van der Waals surface area contributed by atoms with E-state index in [0.717, 1.165) is 19.3 Å². The van der Waals surface area contributed by atoms with Crippen LogP contribution in [0.5, 0.6) is 0 Å². The third kappa shape index (κ3) is 1.81. The van der Waals surface area contributed by atoms with Crippen LogP contribution in [-0.4, -0.2) is 31.1 Å². The number of methoxy groups -OCH3 is 1. The summed E-state index contributed by atoms with van der Waals surface area (Å²) in [5.74, 6) is 0.953. The average Bonchev–Trinajstić information content (AvgIpc) is 2.69. The first-order valence-corrected chi connectivity index (χ1v) is 8.23. The van der Waals surface area contributed by atoms with Crippen molar-refractivity contribution >= 4 is 0 Å². The van der Waals surface area contributed by atoms with Crippen LogP contribution in [0.2, 0.25) is 0 Å². The lowest BCUT2D eigenvalue weighted by atomic mass is 9.58. The van der Waals surface area contributed by atoms with Gasteiger partial charge in [0, 0.05) is 25.4 Å². The molecule has 5 fully saturated rings. The summed E-state index contributed by atoms with van der Waals surface area (Å²) in [4.78, 5) is 11.8. The van der Waals surface area contributed by atoms with E-state index in [9.17, 15) is 0 Å². The summed E-state index contributed by atoms with van der Waals surface area (Å²) in [6.07, 6.45) is 3.64. The minimum absolute atomic E-state index is 0.230. The molecule has 4 unspecified atom stereocenters. The molecule has 0 N–H and O–H groups in total. The predicted molar refractivity (Wildman–Crippen MR) is 73.8 cm³/mol.